The number of benzene rings is 2. The second-order valence-corrected chi connectivity index (χ2v) is 5.88. The fourth-order valence-corrected chi connectivity index (χ4v) is 2.16. The number of hydrogen-bond donors (Lipinski definition) is 1. The summed E-state index contributed by atoms with van der Waals surface area (Å²) in [4.78, 5) is 12.4. The molecular formula is C18H20FNO. The Balaban J connectivity index is 2.35. The lowest BCUT2D eigenvalue weighted by atomic mass is 9.82. The van der Waals surface area contributed by atoms with Crippen molar-refractivity contribution in [2.45, 2.75) is 32.6 Å². The first-order valence-corrected chi connectivity index (χ1v) is 7.05. The van der Waals surface area contributed by atoms with Crippen LogP contribution in [0.2, 0.25) is 0 Å². The largest absolute Gasteiger partial charge is 0.398 e. The fourth-order valence-electron chi connectivity index (χ4n) is 2.16. The average molecular weight is 285 g/mol. The minimum atomic E-state index is -0.462. The van der Waals surface area contributed by atoms with E-state index in [0.29, 0.717) is 11.3 Å². The Morgan fingerprint density at radius 1 is 1.14 bits per heavy atom. The van der Waals surface area contributed by atoms with Crippen LogP contribution in [-0.4, -0.2) is 5.78 Å². The Labute approximate surface area is 124 Å². The van der Waals surface area contributed by atoms with Gasteiger partial charge in [0, 0.05) is 16.8 Å². The molecule has 0 aliphatic rings. The highest BCUT2D eigenvalue weighted by Gasteiger charge is 2.19. The summed E-state index contributed by atoms with van der Waals surface area (Å²) in [6.45, 7) is 6.45. The van der Waals surface area contributed by atoms with Gasteiger partial charge in [-0.1, -0.05) is 45.0 Å². The van der Waals surface area contributed by atoms with Gasteiger partial charge in [-0.25, -0.2) is 4.39 Å². The maximum Gasteiger partial charge on any atom is 0.195 e. The molecule has 0 aliphatic carbocycles. The SMILES string of the molecule is CCC(C)(C)c1ccc(C(=O)c2cc(F)ccc2N)cc1. The van der Waals surface area contributed by atoms with Gasteiger partial charge in [-0.05, 0) is 35.6 Å². The summed E-state index contributed by atoms with van der Waals surface area (Å²) < 4.78 is 13.3. The zero-order valence-electron chi connectivity index (χ0n) is 12.6. The van der Waals surface area contributed by atoms with E-state index in [-0.39, 0.29) is 16.8 Å². The molecule has 3 heteroatoms. The zero-order valence-corrected chi connectivity index (χ0v) is 12.6. The van der Waals surface area contributed by atoms with E-state index in [2.05, 4.69) is 20.8 Å². The lowest BCUT2D eigenvalue weighted by Crippen LogP contribution is -2.15. The molecule has 21 heavy (non-hydrogen) atoms. The zero-order chi connectivity index (χ0) is 15.6. The molecule has 0 heterocycles. The van der Waals surface area contributed by atoms with E-state index >= 15 is 0 Å². The van der Waals surface area contributed by atoms with Gasteiger partial charge in [0.25, 0.3) is 0 Å². The molecule has 0 saturated carbocycles. The van der Waals surface area contributed by atoms with Crippen LogP contribution in [0.15, 0.2) is 42.5 Å². The molecule has 0 atom stereocenters. The summed E-state index contributed by atoms with van der Waals surface area (Å²) in [5, 5.41) is 0. The summed E-state index contributed by atoms with van der Waals surface area (Å²) in [5.41, 5.74) is 8.02. The van der Waals surface area contributed by atoms with Gasteiger partial charge in [0.05, 0.1) is 0 Å². The van der Waals surface area contributed by atoms with E-state index < -0.39 is 5.82 Å². The lowest BCUT2D eigenvalue weighted by Gasteiger charge is -2.23. The minimum absolute atomic E-state index is 0.0689. The van der Waals surface area contributed by atoms with Crippen LogP contribution in [-0.2, 0) is 5.41 Å². The van der Waals surface area contributed by atoms with E-state index in [4.69, 9.17) is 5.73 Å². The number of halogens is 1. The van der Waals surface area contributed by atoms with Crippen LogP contribution in [0.5, 0.6) is 0 Å². The molecule has 0 spiro atoms. The molecule has 110 valence electrons. The first-order valence-electron chi connectivity index (χ1n) is 7.05. The van der Waals surface area contributed by atoms with Crippen molar-refractivity contribution in [1.82, 2.24) is 0 Å². The van der Waals surface area contributed by atoms with Crippen molar-refractivity contribution in [3.8, 4) is 0 Å². The minimum Gasteiger partial charge on any atom is -0.398 e. The van der Waals surface area contributed by atoms with Crippen LogP contribution < -0.4 is 5.73 Å². The summed E-state index contributed by atoms with van der Waals surface area (Å²) in [7, 11) is 0. The van der Waals surface area contributed by atoms with Gasteiger partial charge >= 0.3 is 0 Å². The highest BCUT2D eigenvalue weighted by atomic mass is 19.1. The van der Waals surface area contributed by atoms with Crippen LogP contribution in [0.1, 0.15) is 48.7 Å². The quantitative estimate of drug-likeness (QED) is 0.671. The van der Waals surface area contributed by atoms with E-state index in [9.17, 15) is 9.18 Å². The van der Waals surface area contributed by atoms with Gasteiger partial charge in [-0.3, -0.25) is 4.79 Å². The second kappa shape index (κ2) is 5.68. The molecule has 2 aromatic rings. The predicted molar refractivity (Wildman–Crippen MR) is 84.0 cm³/mol. The molecule has 2 aromatic carbocycles. The third kappa shape index (κ3) is 3.13. The number of carbonyl (C=O) groups excluding carboxylic acids is 1. The Morgan fingerprint density at radius 2 is 1.76 bits per heavy atom. The van der Waals surface area contributed by atoms with Crippen molar-refractivity contribution < 1.29 is 9.18 Å². The van der Waals surface area contributed by atoms with E-state index in [1.54, 1.807) is 12.1 Å². The summed E-state index contributed by atoms with van der Waals surface area (Å²) >= 11 is 0. The maximum atomic E-state index is 13.3. The van der Waals surface area contributed by atoms with Crippen LogP contribution in [0.25, 0.3) is 0 Å². The highest BCUT2D eigenvalue weighted by molar-refractivity contribution is 6.12. The normalized spacial score (nSPS) is 11.4. The molecule has 0 aromatic heterocycles. The Morgan fingerprint density at radius 3 is 2.33 bits per heavy atom. The molecular weight excluding hydrogens is 265 g/mol. The highest BCUT2D eigenvalue weighted by Crippen LogP contribution is 2.27. The van der Waals surface area contributed by atoms with Crippen molar-refractivity contribution in [3.05, 3.63) is 65.0 Å². The first-order chi connectivity index (χ1) is 9.85. The molecule has 0 amide bonds. The number of anilines is 1. The molecule has 2 N–H and O–H groups in total. The van der Waals surface area contributed by atoms with Gasteiger partial charge in [0.15, 0.2) is 5.78 Å². The van der Waals surface area contributed by atoms with E-state index in [1.165, 1.54) is 23.8 Å². The number of rotatable bonds is 4. The molecule has 0 unspecified atom stereocenters. The number of nitrogens with two attached hydrogens (primary N) is 1. The smallest absolute Gasteiger partial charge is 0.195 e. The summed E-state index contributed by atoms with van der Waals surface area (Å²) in [6.07, 6.45) is 1.01. The molecule has 0 aliphatic heterocycles. The van der Waals surface area contributed by atoms with Crippen LogP contribution in [0, 0.1) is 5.82 Å². The Bertz CT molecular complexity index is 659. The molecule has 2 nitrogen and oxygen atoms in total. The van der Waals surface area contributed by atoms with Crippen LogP contribution in [0.4, 0.5) is 10.1 Å². The number of ketones is 1. The van der Waals surface area contributed by atoms with Gasteiger partial charge in [-0.2, -0.15) is 0 Å². The Hall–Kier alpha value is -2.16. The van der Waals surface area contributed by atoms with E-state index in [1.807, 2.05) is 12.1 Å². The van der Waals surface area contributed by atoms with Crippen molar-refractivity contribution in [1.29, 1.82) is 0 Å². The molecule has 0 saturated heterocycles. The maximum absolute atomic E-state index is 13.3. The van der Waals surface area contributed by atoms with Crippen LogP contribution in [0.3, 0.4) is 0 Å². The monoisotopic (exact) mass is 285 g/mol. The Kier molecular flexibility index (Phi) is 4.12. The molecule has 0 radical (unpaired) electrons. The third-order valence-electron chi connectivity index (χ3n) is 4.07. The average Bonchev–Trinajstić information content (AvgIpc) is 2.49. The van der Waals surface area contributed by atoms with Crippen molar-refractivity contribution in [2.24, 2.45) is 0 Å². The molecule has 0 bridgehead atoms. The van der Waals surface area contributed by atoms with Crippen LogP contribution >= 0.6 is 0 Å². The number of carbonyl (C=O) groups is 1. The first kappa shape index (κ1) is 15.2. The third-order valence-corrected chi connectivity index (χ3v) is 4.07. The van der Waals surface area contributed by atoms with Gasteiger partial charge < -0.3 is 5.73 Å². The number of hydrogen-bond acceptors (Lipinski definition) is 2. The topological polar surface area (TPSA) is 43.1 Å². The van der Waals surface area contributed by atoms with Crippen molar-refractivity contribution in [3.63, 3.8) is 0 Å². The number of nitrogen functional groups attached to an aromatic ring is 1. The summed E-state index contributed by atoms with van der Waals surface area (Å²) in [6, 6.07) is 11.3. The lowest BCUT2D eigenvalue weighted by molar-refractivity contribution is 0.103. The molecule has 2 rings (SSSR count). The van der Waals surface area contributed by atoms with Gasteiger partial charge in [-0.15, -0.1) is 0 Å². The predicted octanol–water partition coefficient (Wildman–Crippen LogP) is 4.33. The molecule has 0 fully saturated rings. The standard InChI is InChI=1S/C18H20FNO/c1-4-18(2,3)13-7-5-12(6-8-13)17(21)15-11-14(19)9-10-16(15)20/h5-11H,4,20H2,1-3H3. The summed E-state index contributed by atoms with van der Waals surface area (Å²) in [5.74, 6) is -0.718. The van der Waals surface area contributed by atoms with Gasteiger partial charge in [0.2, 0.25) is 0 Å². The fraction of sp³-hybridized carbons (Fsp3) is 0.278. The van der Waals surface area contributed by atoms with Crippen molar-refractivity contribution >= 4 is 11.5 Å². The van der Waals surface area contributed by atoms with Gasteiger partial charge in [0.1, 0.15) is 5.82 Å². The second-order valence-electron chi connectivity index (χ2n) is 5.88. The van der Waals surface area contributed by atoms with E-state index in [0.717, 1.165) is 6.42 Å². The van der Waals surface area contributed by atoms with Crippen molar-refractivity contribution in [2.75, 3.05) is 5.73 Å².